The summed E-state index contributed by atoms with van der Waals surface area (Å²) >= 11 is 0. The molecule has 1 fully saturated rings. The van der Waals surface area contributed by atoms with Gasteiger partial charge in [-0.1, -0.05) is 20.8 Å². The maximum absolute atomic E-state index is 5.40. The quantitative estimate of drug-likeness (QED) is 0.710. The molecule has 1 aliphatic heterocycles. The number of benzene rings is 1. The van der Waals surface area contributed by atoms with Crippen molar-refractivity contribution in [2.24, 2.45) is 0 Å². The predicted molar refractivity (Wildman–Crippen MR) is 113 cm³/mol. The monoisotopic (exact) mass is 396 g/mol. The molecule has 3 heterocycles. The number of hydrogen-bond acceptors (Lipinski definition) is 7. The van der Waals surface area contributed by atoms with Crippen LogP contribution in [0.2, 0.25) is 0 Å². The zero-order chi connectivity index (χ0) is 20.6. The number of nitrogens with zero attached hydrogens (tertiary/aromatic N) is 5. The first kappa shape index (κ1) is 19.3. The summed E-state index contributed by atoms with van der Waals surface area (Å²) in [5.41, 5.74) is 1.74. The Morgan fingerprint density at radius 1 is 1.03 bits per heavy atom. The lowest BCUT2D eigenvalue weighted by Gasteiger charge is -2.21. The Morgan fingerprint density at radius 3 is 2.41 bits per heavy atom. The molecule has 1 aliphatic rings. The molecule has 1 N–H and O–H groups in total. The summed E-state index contributed by atoms with van der Waals surface area (Å²) in [6, 6.07) is 10.2. The fourth-order valence-corrected chi connectivity index (χ4v) is 3.63. The first-order valence-corrected chi connectivity index (χ1v) is 9.85. The Bertz CT molecular complexity index is 988. The summed E-state index contributed by atoms with van der Waals surface area (Å²) < 4.78 is 12.6. The van der Waals surface area contributed by atoms with Crippen molar-refractivity contribution in [2.75, 3.05) is 37.5 Å². The van der Waals surface area contributed by atoms with Gasteiger partial charge in [0, 0.05) is 48.4 Å². The molecule has 0 amide bonds. The number of fused-ring (bicyclic) bond motifs is 1. The highest BCUT2D eigenvalue weighted by molar-refractivity contribution is 5.57. The van der Waals surface area contributed by atoms with Gasteiger partial charge in [-0.05, 0) is 18.6 Å². The molecule has 1 atom stereocenters. The van der Waals surface area contributed by atoms with Crippen LogP contribution in [0, 0.1) is 0 Å². The van der Waals surface area contributed by atoms with Gasteiger partial charge >= 0.3 is 0 Å². The van der Waals surface area contributed by atoms with E-state index in [-0.39, 0.29) is 5.41 Å². The van der Waals surface area contributed by atoms with Crippen LogP contribution >= 0.6 is 0 Å². The van der Waals surface area contributed by atoms with Crippen LogP contribution in [0.1, 0.15) is 33.0 Å². The number of aromatic nitrogens is 4. The smallest absolute Gasteiger partial charge is 0.178 e. The van der Waals surface area contributed by atoms with E-state index in [1.165, 1.54) is 0 Å². The Hall–Kier alpha value is -3.03. The molecule has 1 saturated heterocycles. The van der Waals surface area contributed by atoms with Crippen LogP contribution < -0.4 is 19.7 Å². The number of ether oxygens (including phenoxy) is 2. The van der Waals surface area contributed by atoms with E-state index < -0.39 is 0 Å². The highest BCUT2D eigenvalue weighted by Gasteiger charge is 2.25. The molecule has 8 nitrogen and oxygen atoms in total. The Balaban J connectivity index is 1.51. The van der Waals surface area contributed by atoms with Gasteiger partial charge in [0.15, 0.2) is 11.5 Å². The normalized spacial score (nSPS) is 17.0. The summed E-state index contributed by atoms with van der Waals surface area (Å²) in [6.45, 7) is 8.17. The highest BCUT2D eigenvalue weighted by atomic mass is 16.5. The Morgan fingerprint density at radius 2 is 1.76 bits per heavy atom. The molecule has 29 heavy (non-hydrogen) atoms. The van der Waals surface area contributed by atoms with Crippen LogP contribution in [-0.2, 0) is 5.41 Å². The van der Waals surface area contributed by atoms with Crippen molar-refractivity contribution < 1.29 is 9.47 Å². The number of methoxy groups -OCH3 is 2. The third-order valence-corrected chi connectivity index (χ3v) is 5.18. The van der Waals surface area contributed by atoms with Crippen molar-refractivity contribution in [3.05, 3.63) is 36.2 Å². The molecule has 0 radical (unpaired) electrons. The van der Waals surface area contributed by atoms with Gasteiger partial charge < -0.3 is 19.7 Å². The van der Waals surface area contributed by atoms with Gasteiger partial charge in [0.1, 0.15) is 17.3 Å². The molecule has 154 valence electrons. The number of nitrogens with one attached hydrogen (secondary N) is 1. The van der Waals surface area contributed by atoms with E-state index >= 15 is 0 Å². The van der Waals surface area contributed by atoms with E-state index in [1.54, 1.807) is 14.2 Å². The lowest BCUT2D eigenvalue weighted by Crippen LogP contribution is -2.26. The third-order valence-electron chi connectivity index (χ3n) is 5.18. The van der Waals surface area contributed by atoms with Gasteiger partial charge in [0.05, 0.1) is 14.2 Å². The largest absolute Gasteiger partial charge is 0.497 e. The molecule has 2 aromatic heterocycles. The molecule has 1 aromatic carbocycles. The lowest BCUT2D eigenvalue weighted by molar-refractivity contribution is 0.394. The maximum Gasteiger partial charge on any atom is 0.178 e. The first-order chi connectivity index (χ1) is 13.9. The van der Waals surface area contributed by atoms with Gasteiger partial charge in [-0.3, -0.25) is 0 Å². The second-order valence-corrected chi connectivity index (χ2v) is 8.41. The maximum atomic E-state index is 5.40. The van der Waals surface area contributed by atoms with E-state index in [0.29, 0.717) is 6.04 Å². The minimum atomic E-state index is -0.124. The van der Waals surface area contributed by atoms with Crippen LogP contribution in [0.4, 0.5) is 11.5 Å². The van der Waals surface area contributed by atoms with Crippen LogP contribution in [0.15, 0.2) is 30.3 Å². The number of anilines is 2. The van der Waals surface area contributed by atoms with Crippen LogP contribution in [0.3, 0.4) is 0 Å². The van der Waals surface area contributed by atoms with Gasteiger partial charge in [-0.2, -0.15) is 4.52 Å². The average Bonchev–Trinajstić information content (AvgIpc) is 3.34. The van der Waals surface area contributed by atoms with E-state index in [9.17, 15) is 0 Å². The van der Waals surface area contributed by atoms with Gasteiger partial charge in [0.2, 0.25) is 0 Å². The third kappa shape index (κ3) is 3.92. The Kier molecular flexibility index (Phi) is 4.94. The van der Waals surface area contributed by atoms with E-state index in [2.05, 4.69) is 41.2 Å². The molecule has 3 aromatic rings. The summed E-state index contributed by atoms with van der Waals surface area (Å²) in [4.78, 5) is 2.33. The second kappa shape index (κ2) is 7.42. The van der Waals surface area contributed by atoms with Gasteiger partial charge in [0.25, 0.3) is 0 Å². The van der Waals surface area contributed by atoms with Crippen LogP contribution in [0.5, 0.6) is 11.5 Å². The van der Waals surface area contributed by atoms with E-state index in [1.807, 2.05) is 34.8 Å². The minimum absolute atomic E-state index is 0.124. The van der Waals surface area contributed by atoms with Crippen molar-refractivity contribution in [3.8, 4) is 11.5 Å². The predicted octanol–water partition coefficient (Wildman–Crippen LogP) is 3.13. The lowest BCUT2D eigenvalue weighted by atomic mass is 9.96. The van der Waals surface area contributed by atoms with Crippen molar-refractivity contribution in [2.45, 2.75) is 38.6 Å². The number of rotatable bonds is 5. The summed E-state index contributed by atoms with van der Waals surface area (Å²) in [5, 5.41) is 16.9. The summed E-state index contributed by atoms with van der Waals surface area (Å²) in [6.07, 6.45) is 1.02. The molecule has 0 saturated carbocycles. The van der Waals surface area contributed by atoms with Crippen molar-refractivity contribution in [3.63, 3.8) is 0 Å². The van der Waals surface area contributed by atoms with E-state index in [0.717, 1.165) is 54.0 Å². The molecule has 1 unspecified atom stereocenters. The molecular weight excluding hydrogens is 368 g/mol. The summed E-state index contributed by atoms with van der Waals surface area (Å²) in [5.74, 6) is 3.28. The molecular formula is C21H28N6O2. The first-order valence-electron chi connectivity index (χ1n) is 9.85. The standard InChI is InChI=1S/C21H28N6O2/c1-21(2,3)20-24-23-19-7-6-18(25-27(19)20)22-14-8-9-26(13-14)15-10-16(28-4)12-17(11-15)29-5/h6-7,10-12,14H,8-9,13H2,1-5H3,(H,22,25). The van der Waals surface area contributed by atoms with Crippen molar-refractivity contribution in [1.29, 1.82) is 0 Å². The van der Waals surface area contributed by atoms with E-state index in [4.69, 9.17) is 14.6 Å². The molecule has 4 rings (SSSR count). The topological polar surface area (TPSA) is 76.8 Å². The fourth-order valence-electron chi connectivity index (χ4n) is 3.63. The zero-order valence-corrected chi connectivity index (χ0v) is 17.6. The molecule has 8 heteroatoms. The summed E-state index contributed by atoms with van der Waals surface area (Å²) in [7, 11) is 3.34. The van der Waals surface area contributed by atoms with Gasteiger partial charge in [-0.15, -0.1) is 15.3 Å². The minimum Gasteiger partial charge on any atom is -0.497 e. The average molecular weight is 396 g/mol. The molecule has 0 spiro atoms. The van der Waals surface area contributed by atoms with Crippen molar-refractivity contribution >= 4 is 17.2 Å². The molecule has 0 aliphatic carbocycles. The number of hydrogen-bond donors (Lipinski definition) is 1. The Labute approximate surface area is 170 Å². The highest BCUT2D eigenvalue weighted by Crippen LogP contribution is 2.31. The van der Waals surface area contributed by atoms with Crippen molar-refractivity contribution in [1.82, 2.24) is 19.8 Å². The van der Waals surface area contributed by atoms with Crippen LogP contribution in [-0.4, -0.2) is 53.2 Å². The molecule has 0 bridgehead atoms. The van der Waals surface area contributed by atoms with Crippen LogP contribution in [0.25, 0.3) is 5.65 Å². The SMILES string of the molecule is COc1cc(OC)cc(N2CCC(Nc3ccc4nnc(C(C)(C)C)n4n3)C2)c1. The fraction of sp³-hybridized carbons (Fsp3) is 0.476. The van der Waals surface area contributed by atoms with Gasteiger partial charge in [-0.25, -0.2) is 0 Å². The zero-order valence-electron chi connectivity index (χ0n) is 17.6. The second-order valence-electron chi connectivity index (χ2n) is 8.41.